The monoisotopic (exact) mass is 409 g/mol. The van der Waals surface area contributed by atoms with Crippen molar-refractivity contribution in [2.24, 2.45) is 0 Å². The van der Waals surface area contributed by atoms with Gasteiger partial charge in [0.05, 0.1) is 0 Å². The van der Waals surface area contributed by atoms with Crippen molar-refractivity contribution in [1.82, 2.24) is 0 Å². The van der Waals surface area contributed by atoms with E-state index in [1.165, 1.54) is 16.8 Å². The average molecular weight is 411 g/mol. The molecule has 112 valence electrons. The van der Waals surface area contributed by atoms with E-state index >= 15 is 0 Å². The largest absolute Gasteiger partial charge is 0.378 e. The number of halogens is 2. The third kappa shape index (κ3) is 4.10. The molecular weight excluding hydrogens is 390 g/mol. The van der Waals surface area contributed by atoms with Crippen LogP contribution in [-0.4, -0.2) is 0 Å². The number of rotatable bonds is 3. The molecule has 1 atom stereocenters. The molecule has 0 aliphatic rings. The Morgan fingerprint density at radius 2 is 1.67 bits per heavy atom. The van der Waals surface area contributed by atoms with Crippen LogP contribution in [0.4, 0.5) is 5.69 Å². The normalized spacial score (nSPS) is 13.0. The SMILES string of the molecule is CC(Nc1ccccc1C(C)(C)C)c1ccc(Br)cc1Br. The lowest BCUT2D eigenvalue weighted by Gasteiger charge is -2.26. The second-order valence-electron chi connectivity index (χ2n) is 6.33. The first kappa shape index (κ1) is 16.6. The molecule has 3 heteroatoms. The number of para-hydroxylation sites is 1. The molecular formula is C18H21Br2N. The third-order valence-electron chi connectivity index (χ3n) is 3.54. The highest BCUT2D eigenvalue weighted by Crippen LogP contribution is 2.33. The summed E-state index contributed by atoms with van der Waals surface area (Å²) in [5.41, 5.74) is 3.92. The summed E-state index contributed by atoms with van der Waals surface area (Å²) < 4.78 is 2.20. The zero-order valence-electron chi connectivity index (χ0n) is 12.9. The molecule has 1 unspecified atom stereocenters. The summed E-state index contributed by atoms with van der Waals surface area (Å²) >= 11 is 7.15. The van der Waals surface area contributed by atoms with Gasteiger partial charge < -0.3 is 5.32 Å². The van der Waals surface area contributed by atoms with Crippen LogP contribution in [0.2, 0.25) is 0 Å². The zero-order valence-corrected chi connectivity index (χ0v) is 16.0. The van der Waals surface area contributed by atoms with Crippen molar-refractivity contribution in [3.05, 3.63) is 62.5 Å². The molecule has 0 aliphatic heterocycles. The van der Waals surface area contributed by atoms with Gasteiger partial charge in [-0.2, -0.15) is 0 Å². The van der Waals surface area contributed by atoms with Crippen molar-refractivity contribution in [2.75, 3.05) is 5.32 Å². The van der Waals surface area contributed by atoms with E-state index in [0.717, 1.165) is 8.95 Å². The van der Waals surface area contributed by atoms with Crippen molar-refractivity contribution in [3.8, 4) is 0 Å². The molecule has 0 amide bonds. The molecule has 21 heavy (non-hydrogen) atoms. The van der Waals surface area contributed by atoms with E-state index < -0.39 is 0 Å². The molecule has 0 aromatic heterocycles. The first-order chi connectivity index (χ1) is 9.79. The maximum absolute atomic E-state index is 3.65. The van der Waals surface area contributed by atoms with Crippen LogP contribution in [0.25, 0.3) is 0 Å². The van der Waals surface area contributed by atoms with Crippen molar-refractivity contribution in [2.45, 2.75) is 39.2 Å². The van der Waals surface area contributed by atoms with Gasteiger partial charge in [-0.25, -0.2) is 0 Å². The van der Waals surface area contributed by atoms with E-state index in [-0.39, 0.29) is 11.5 Å². The number of benzene rings is 2. The second kappa shape index (κ2) is 6.53. The van der Waals surface area contributed by atoms with Crippen molar-refractivity contribution in [3.63, 3.8) is 0 Å². The number of anilines is 1. The Bertz CT molecular complexity index is 629. The smallest absolute Gasteiger partial charge is 0.0496 e. The van der Waals surface area contributed by atoms with Crippen LogP contribution in [0.5, 0.6) is 0 Å². The van der Waals surface area contributed by atoms with Crippen LogP contribution in [0.1, 0.15) is 44.9 Å². The zero-order chi connectivity index (χ0) is 15.6. The number of nitrogens with one attached hydrogen (secondary N) is 1. The lowest BCUT2D eigenvalue weighted by atomic mass is 9.85. The van der Waals surface area contributed by atoms with Gasteiger partial charge in [-0.1, -0.05) is 76.9 Å². The van der Waals surface area contributed by atoms with E-state index in [2.05, 4.69) is 107 Å². The van der Waals surface area contributed by atoms with E-state index in [1.54, 1.807) is 0 Å². The number of hydrogen-bond acceptors (Lipinski definition) is 1. The molecule has 0 spiro atoms. The predicted octanol–water partition coefficient (Wildman–Crippen LogP) is 6.68. The topological polar surface area (TPSA) is 12.0 Å². The van der Waals surface area contributed by atoms with E-state index in [9.17, 15) is 0 Å². The fourth-order valence-electron chi connectivity index (χ4n) is 2.43. The van der Waals surface area contributed by atoms with Gasteiger partial charge in [0.15, 0.2) is 0 Å². The highest BCUT2D eigenvalue weighted by Gasteiger charge is 2.19. The third-order valence-corrected chi connectivity index (χ3v) is 4.72. The Morgan fingerprint density at radius 1 is 1.00 bits per heavy atom. The molecule has 0 aliphatic carbocycles. The Labute approximate surface area is 144 Å². The summed E-state index contributed by atoms with van der Waals surface area (Å²) in [6.45, 7) is 8.92. The summed E-state index contributed by atoms with van der Waals surface area (Å²) in [4.78, 5) is 0. The number of hydrogen-bond donors (Lipinski definition) is 1. The quantitative estimate of drug-likeness (QED) is 0.594. The minimum absolute atomic E-state index is 0.125. The molecule has 0 fully saturated rings. The molecule has 0 bridgehead atoms. The van der Waals surface area contributed by atoms with Crippen LogP contribution in [0, 0.1) is 0 Å². The summed E-state index contributed by atoms with van der Waals surface area (Å²) in [5, 5.41) is 3.65. The van der Waals surface area contributed by atoms with Crippen molar-refractivity contribution in [1.29, 1.82) is 0 Å². The summed E-state index contributed by atoms with van der Waals surface area (Å²) in [5.74, 6) is 0. The van der Waals surface area contributed by atoms with Crippen LogP contribution < -0.4 is 5.32 Å². The average Bonchev–Trinajstić information content (AvgIpc) is 2.37. The van der Waals surface area contributed by atoms with Gasteiger partial charge in [-0.3, -0.25) is 0 Å². The Kier molecular flexibility index (Phi) is 5.15. The Hall–Kier alpha value is -0.800. The maximum Gasteiger partial charge on any atom is 0.0496 e. The van der Waals surface area contributed by atoms with Crippen LogP contribution in [0.3, 0.4) is 0 Å². The van der Waals surface area contributed by atoms with Gasteiger partial charge in [0, 0.05) is 20.7 Å². The fraction of sp³-hybridized carbons (Fsp3) is 0.333. The minimum atomic E-state index is 0.125. The molecule has 0 saturated heterocycles. The molecule has 1 N–H and O–H groups in total. The first-order valence-electron chi connectivity index (χ1n) is 7.10. The van der Waals surface area contributed by atoms with Gasteiger partial charge in [-0.05, 0) is 41.7 Å². The van der Waals surface area contributed by atoms with Crippen molar-refractivity contribution >= 4 is 37.5 Å². The van der Waals surface area contributed by atoms with Gasteiger partial charge in [0.2, 0.25) is 0 Å². The Balaban J connectivity index is 2.30. The predicted molar refractivity (Wildman–Crippen MR) is 99.0 cm³/mol. The molecule has 2 aromatic carbocycles. The van der Waals surface area contributed by atoms with E-state index in [1.807, 2.05) is 0 Å². The second-order valence-corrected chi connectivity index (χ2v) is 8.10. The van der Waals surface area contributed by atoms with E-state index in [0.29, 0.717) is 0 Å². The summed E-state index contributed by atoms with van der Waals surface area (Å²) in [6, 6.07) is 15.1. The van der Waals surface area contributed by atoms with Gasteiger partial charge >= 0.3 is 0 Å². The maximum atomic E-state index is 3.65. The van der Waals surface area contributed by atoms with Crippen LogP contribution in [-0.2, 0) is 5.41 Å². The molecule has 0 radical (unpaired) electrons. The molecule has 2 aromatic rings. The van der Waals surface area contributed by atoms with Gasteiger partial charge in [0.25, 0.3) is 0 Å². The summed E-state index contributed by atoms with van der Waals surface area (Å²) in [7, 11) is 0. The van der Waals surface area contributed by atoms with Gasteiger partial charge in [0.1, 0.15) is 0 Å². The van der Waals surface area contributed by atoms with Crippen LogP contribution >= 0.6 is 31.9 Å². The first-order valence-corrected chi connectivity index (χ1v) is 8.68. The summed E-state index contributed by atoms with van der Waals surface area (Å²) in [6.07, 6.45) is 0. The lowest BCUT2D eigenvalue weighted by molar-refractivity contribution is 0.590. The molecule has 0 heterocycles. The van der Waals surface area contributed by atoms with Crippen molar-refractivity contribution < 1.29 is 0 Å². The van der Waals surface area contributed by atoms with Gasteiger partial charge in [-0.15, -0.1) is 0 Å². The van der Waals surface area contributed by atoms with E-state index in [4.69, 9.17) is 0 Å². The Morgan fingerprint density at radius 3 is 2.29 bits per heavy atom. The highest BCUT2D eigenvalue weighted by atomic mass is 79.9. The molecule has 1 nitrogen and oxygen atoms in total. The lowest BCUT2D eigenvalue weighted by Crippen LogP contribution is -2.16. The fourth-order valence-corrected chi connectivity index (χ4v) is 3.82. The highest BCUT2D eigenvalue weighted by molar-refractivity contribution is 9.11. The minimum Gasteiger partial charge on any atom is -0.378 e. The van der Waals surface area contributed by atoms with Crippen LogP contribution in [0.15, 0.2) is 51.4 Å². The molecule has 2 rings (SSSR count). The standard InChI is InChI=1S/C18H21Br2N/c1-12(14-10-9-13(19)11-16(14)20)21-17-8-6-5-7-15(17)18(2,3)4/h5-12,21H,1-4H3. The molecule has 0 saturated carbocycles.